The van der Waals surface area contributed by atoms with Gasteiger partial charge in [-0.3, -0.25) is 0 Å². The number of aromatic amines is 2. The summed E-state index contributed by atoms with van der Waals surface area (Å²) in [6, 6.07) is 0.555. The highest BCUT2D eigenvalue weighted by molar-refractivity contribution is 9.10. The van der Waals surface area contributed by atoms with Gasteiger partial charge in [-0.1, -0.05) is 4.98 Å². The fraction of sp³-hybridized carbons (Fsp3) is 0.400. The predicted molar refractivity (Wildman–Crippen MR) is 66.6 cm³/mol. The maximum atomic E-state index is 5.94. The van der Waals surface area contributed by atoms with E-state index in [1.807, 2.05) is 6.20 Å². The van der Waals surface area contributed by atoms with Gasteiger partial charge in [-0.05, 0) is 46.8 Å². The van der Waals surface area contributed by atoms with E-state index in [4.69, 9.17) is 11.6 Å². The molecule has 6 heteroatoms. The second-order valence-electron chi connectivity index (χ2n) is 4.03. The molecule has 0 saturated heterocycles. The molecule has 3 rings (SSSR count). The maximum Gasteiger partial charge on any atom is 0.334 e. The van der Waals surface area contributed by atoms with E-state index in [2.05, 4.69) is 36.2 Å². The lowest BCUT2D eigenvalue weighted by Crippen LogP contribution is -2.30. The Kier molecular flexibility index (Phi) is 2.52. The van der Waals surface area contributed by atoms with Gasteiger partial charge in [-0.25, -0.2) is 4.98 Å². The van der Waals surface area contributed by atoms with Gasteiger partial charge in [-0.2, -0.15) is 0 Å². The van der Waals surface area contributed by atoms with Crippen molar-refractivity contribution >= 4 is 44.4 Å². The van der Waals surface area contributed by atoms with E-state index in [-0.39, 0.29) is 0 Å². The van der Waals surface area contributed by atoms with Crippen LogP contribution in [0.5, 0.6) is 0 Å². The van der Waals surface area contributed by atoms with E-state index in [9.17, 15) is 0 Å². The molecule has 0 unspecified atom stereocenters. The number of fused-ring (bicyclic) bond motifs is 1. The molecule has 0 bridgehead atoms. The Bertz CT molecular complexity index is 535. The summed E-state index contributed by atoms with van der Waals surface area (Å²) in [5, 5.41) is 4.88. The lowest BCUT2D eigenvalue weighted by molar-refractivity contribution is -0.361. The summed E-state index contributed by atoms with van der Waals surface area (Å²) in [5.74, 6) is 0.938. The summed E-state index contributed by atoms with van der Waals surface area (Å²) < 4.78 is 0.991. The topological polar surface area (TPSA) is 54.9 Å². The number of aromatic nitrogens is 3. The van der Waals surface area contributed by atoms with Gasteiger partial charge in [0, 0.05) is 6.20 Å². The molecular formula is C10H11BrClN4+. The van der Waals surface area contributed by atoms with Gasteiger partial charge < -0.3 is 10.3 Å². The Morgan fingerprint density at radius 2 is 2.38 bits per heavy atom. The average molecular weight is 303 g/mol. The van der Waals surface area contributed by atoms with Gasteiger partial charge in [-0.15, -0.1) is 0 Å². The minimum atomic E-state index is 0.392. The number of rotatable bonds is 2. The third-order valence-corrected chi connectivity index (χ3v) is 3.76. The van der Waals surface area contributed by atoms with Crippen LogP contribution in [-0.2, 0) is 0 Å². The highest BCUT2D eigenvalue weighted by Gasteiger charge is 2.24. The summed E-state index contributed by atoms with van der Waals surface area (Å²) >= 11 is 9.43. The Hall–Kier alpha value is -0.810. The van der Waals surface area contributed by atoms with E-state index < -0.39 is 0 Å². The van der Waals surface area contributed by atoms with Crippen LogP contribution in [0.4, 0.5) is 5.82 Å². The van der Waals surface area contributed by atoms with Gasteiger partial charge >= 0.3 is 5.28 Å². The molecule has 0 amide bonds. The molecule has 0 aliphatic heterocycles. The van der Waals surface area contributed by atoms with Gasteiger partial charge in [0.2, 0.25) is 11.5 Å². The fourth-order valence-corrected chi connectivity index (χ4v) is 2.55. The zero-order valence-electron chi connectivity index (χ0n) is 8.48. The molecule has 2 aromatic rings. The van der Waals surface area contributed by atoms with Crippen molar-refractivity contribution in [1.29, 1.82) is 0 Å². The van der Waals surface area contributed by atoms with Crippen molar-refractivity contribution in [3.8, 4) is 0 Å². The molecule has 0 spiro atoms. The van der Waals surface area contributed by atoms with Crippen molar-refractivity contribution in [2.45, 2.75) is 25.3 Å². The van der Waals surface area contributed by atoms with E-state index in [0.717, 1.165) is 21.3 Å². The number of halogens is 2. The van der Waals surface area contributed by atoms with Crippen LogP contribution in [0.2, 0.25) is 5.28 Å². The second-order valence-corrected chi connectivity index (χ2v) is 5.25. The highest BCUT2D eigenvalue weighted by atomic mass is 79.9. The number of hydrogen-bond donors (Lipinski definition) is 2. The number of hydrogen-bond acceptors (Lipinski definition) is 2. The van der Waals surface area contributed by atoms with Crippen molar-refractivity contribution in [3.63, 3.8) is 0 Å². The van der Waals surface area contributed by atoms with E-state index >= 15 is 0 Å². The normalized spacial score (nSPS) is 16.4. The van der Waals surface area contributed by atoms with Gasteiger partial charge in [0.25, 0.3) is 0 Å². The minimum absolute atomic E-state index is 0.392. The quantitative estimate of drug-likeness (QED) is 0.838. The lowest BCUT2D eigenvalue weighted by Gasteiger charge is -2.23. The summed E-state index contributed by atoms with van der Waals surface area (Å²) in [4.78, 5) is 10.3. The molecule has 2 aromatic heterocycles. The summed E-state index contributed by atoms with van der Waals surface area (Å²) in [6.07, 6.45) is 5.61. The van der Waals surface area contributed by atoms with Crippen molar-refractivity contribution < 1.29 is 4.98 Å². The first kappa shape index (κ1) is 10.4. The number of H-pyrrole nitrogens is 2. The molecule has 0 aromatic carbocycles. The van der Waals surface area contributed by atoms with Crippen molar-refractivity contribution in [1.82, 2.24) is 9.97 Å². The van der Waals surface area contributed by atoms with Crippen molar-refractivity contribution in [2.24, 2.45) is 0 Å². The third-order valence-electron chi connectivity index (χ3n) is 2.95. The molecule has 3 N–H and O–H groups in total. The van der Waals surface area contributed by atoms with Gasteiger partial charge in [0.15, 0.2) is 0 Å². The van der Waals surface area contributed by atoms with Crippen LogP contribution < -0.4 is 10.3 Å². The monoisotopic (exact) mass is 301 g/mol. The van der Waals surface area contributed by atoms with Crippen LogP contribution in [0.15, 0.2) is 10.7 Å². The highest BCUT2D eigenvalue weighted by Crippen LogP contribution is 2.30. The molecule has 16 heavy (non-hydrogen) atoms. The third kappa shape index (κ3) is 1.68. The van der Waals surface area contributed by atoms with Crippen LogP contribution >= 0.6 is 27.5 Å². The van der Waals surface area contributed by atoms with Crippen LogP contribution in [0, 0.1) is 0 Å². The Morgan fingerprint density at radius 1 is 1.56 bits per heavy atom. The van der Waals surface area contributed by atoms with Crippen molar-refractivity contribution in [2.75, 3.05) is 5.32 Å². The zero-order valence-corrected chi connectivity index (χ0v) is 10.8. The van der Waals surface area contributed by atoms with Crippen LogP contribution in [-0.4, -0.2) is 16.0 Å². The number of nitrogens with zero attached hydrogens (tertiary/aromatic N) is 1. The molecule has 1 saturated carbocycles. The molecular weight excluding hydrogens is 291 g/mol. The minimum Gasteiger partial charge on any atom is -0.331 e. The second kappa shape index (κ2) is 3.89. The van der Waals surface area contributed by atoms with Crippen LogP contribution in [0.1, 0.15) is 19.3 Å². The smallest absolute Gasteiger partial charge is 0.331 e. The molecule has 1 fully saturated rings. The van der Waals surface area contributed by atoms with Gasteiger partial charge in [0.1, 0.15) is 5.39 Å². The molecule has 4 nitrogen and oxygen atoms in total. The van der Waals surface area contributed by atoms with E-state index in [1.165, 1.54) is 19.3 Å². The first-order valence-corrected chi connectivity index (χ1v) is 6.43. The Balaban J connectivity index is 2.08. The first-order valence-electron chi connectivity index (χ1n) is 5.26. The van der Waals surface area contributed by atoms with Gasteiger partial charge in [0.05, 0.1) is 10.5 Å². The molecule has 0 atom stereocenters. The first-order chi connectivity index (χ1) is 7.74. The molecule has 0 radical (unpaired) electrons. The van der Waals surface area contributed by atoms with E-state index in [1.54, 1.807) is 0 Å². The maximum absolute atomic E-state index is 5.94. The van der Waals surface area contributed by atoms with Crippen LogP contribution in [0.3, 0.4) is 0 Å². The van der Waals surface area contributed by atoms with Crippen molar-refractivity contribution in [3.05, 3.63) is 16.0 Å². The Labute approximate surface area is 106 Å². The SMILES string of the molecule is Clc1nc2[nH]cc(Br)c2c(NC2CCC2)[nH+]1. The number of nitrogens with one attached hydrogen (secondary N) is 3. The summed E-state index contributed by atoms with van der Waals surface area (Å²) in [7, 11) is 0. The lowest BCUT2D eigenvalue weighted by atomic mass is 9.93. The molecule has 1 aliphatic rings. The molecule has 84 valence electrons. The zero-order chi connectivity index (χ0) is 11.1. The molecule has 1 aliphatic carbocycles. The fourth-order valence-electron chi connectivity index (χ4n) is 1.87. The largest absolute Gasteiger partial charge is 0.334 e. The molecule has 2 heterocycles. The van der Waals surface area contributed by atoms with E-state index in [0.29, 0.717) is 11.3 Å². The Morgan fingerprint density at radius 3 is 3.06 bits per heavy atom. The predicted octanol–water partition coefficient (Wildman–Crippen LogP) is 2.76. The number of anilines is 1. The summed E-state index contributed by atoms with van der Waals surface area (Å²) in [5.41, 5.74) is 0.789. The standard InChI is InChI=1S/C10H10BrClN4/c11-6-4-13-8-7(6)9(16-10(12)15-8)14-5-2-1-3-5/h4-5H,1-3H2,(H2,13,14,15,16)/p+1. The summed E-state index contributed by atoms with van der Waals surface area (Å²) in [6.45, 7) is 0. The average Bonchev–Trinajstić information content (AvgIpc) is 2.53. The van der Waals surface area contributed by atoms with Crippen LogP contribution in [0.25, 0.3) is 11.0 Å².